The molecule has 1 saturated carbocycles. The molecule has 1 atom stereocenters. The van der Waals surface area contributed by atoms with Crippen molar-refractivity contribution in [1.82, 2.24) is 0 Å². The Morgan fingerprint density at radius 2 is 1.77 bits per heavy atom. The van der Waals surface area contributed by atoms with Gasteiger partial charge in [-0.2, -0.15) is 0 Å². The summed E-state index contributed by atoms with van der Waals surface area (Å²) >= 11 is 0. The number of ether oxygens (including phenoxy) is 1. The fraction of sp³-hybridized carbons (Fsp3) is 0.562. The van der Waals surface area contributed by atoms with Crippen LogP contribution >= 0.6 is 0 Å². The van der Waals surface area contributed by atoms with Gasteiger partial charge in [0.05, 0.1) is 23.5 Å². The molecule has 1 aromatic carbocycles. The van der Waals surface area contributed by atoms with Crippen LogP contribution in [0, 0.1) is 5.92 Å². The van der Waals surface area contributed by atoms with Gasteiger partial charge >= 0.3 is 0 Å². The molecule has 1 N–H and O–H groups in total. The van der Waals surface area contributed by atoms with E-state index in [-0.39, 0.29) is 17.4 Å². The number of anilines is 1. The van der Waals surface area contributed by atoms with E-state index >= 15 is 0 Å². The summed E-state index contributed by atoms with van der Waals surface area (Å²) in [6.07, 6.45) is 5.39. The molecule has 1 aromatic rings. The standard InChI is InChI=1S/C16H21NO4S/c18-16(12-9-10-22(19,20)11-12)17-13-5-7-15(8-6-13)21-14-3-1-2-4-14/h5-8,12,14H,1-4,9-11H2,(H,17,18). The largest absolute Gasteiger partial charge is 0.490 e. The second-order valence-electron chi connectivity index (χ2n) is 6.14. The molecule has 5 nitrogen and oxygen atoms in total. The maximum absolute atomic E-state index is 12.1. The van der Waals surface area contributed by atoms with Crippen LogP contribution < -0.4 is 10.1 Å². The van der Waals surface area contributed by atoms with Crippen molar-refractivity contribution in [3.8, 4) is 5.75 Å². The van der Waals surface area contributed by atoms with Gasteiger partial charge in [0.2, 0.25) is 5.91 Å². The van der Waals surface area contributed by atoms with Crippen LogP contribution in [0.3, 0.4) is 0 Å². The van der Waals surface area contributed by atoms with Gasteiger partial charge in [-0.1, -0.05) is 0 Å². The van der Waals surface area contributed by atoms with Gasteiger partial charge in [-0.25, -0.2) is 8.42 Å². The normalized spacial score (nSPS) is 24.3. The predicted octanol–water partition coefficient (Wildman–Crippen LogP) is 2.38. The maximum Gasteiger partial charge on any atom is 0.228 e. The lowest BCUT2D eigenvalue weighted by Gasteiger charge is -2.14. The quantitative estimate of drug-likeness (QED) is 0.923. The van der Waals surface area contributed by atoms with Crippen molar-refractivity contribution in [2.45, 2.75) is 38.2 Å². The Bertz CT molecular complexity index is 633. The van der Waals surface area contributed by atoms with E-state index in [1.165, 1.54) is 12.8 Å². The van der Waals surface area contributed by atoms with Crippen molar-refractivity contribution in [2.24, 2.45) is 5.92 Å². The molecule has 1 unspecified atom stereocenters. The fourth-order valence-electron chi connectivity index (χ4n) is 3.06. The van der Waals surface area contributed by atoms with Gasteiger partial charge in [0, 0.05) is 5.69 Å². The summed E-state index contributed by atoms with van der Waals surface area (Å²) in [5, 5.41) is 2.78. The molecule has 1 heterocycles. The lowest BCUT2D eigenvalue weighted by molar-refractivity contribution is -0.119. The van der Waals surface area contributed by atoms with Crippen LogP contribution in [0.25, 0.3) is 0 Å². The van der Waals surface area contributed by atoms with E-state index in [1.807, 2.05) is 12.1 Å². The summed E-state index contributed by atoms with van der Waals surface area (Å²) in [4.78, 5) is 12.1. The van der Waals surface area contributed by atoms with Gasteiger partial charge in [-0.15, -0.1) is 0 Å². The molecule has 22 heavy (non-hydrogen) atoms. The smallest absolute Gasteiger partial charge is 0.228 e. The lowest BCUT2D eigenvalue weighted by atomic mass is 10.1. The first-order valence-electron chi connectivity index (χ1n) is 7.80. The topological polar surface area (TPSA) is 72.5 Å². The highest BCUT2D eigenvalue weighted by Crippen LogP contribution is 2.25. The van der Waals surface area contributed by atoms with Crippen LogP contribution in [-0.2, 0) is 14.6 Å². The molecule has 0 spiro atoms. The Kier molecular flexibility index (Phi) is 4.38. The van der Waals surface area contributed by atoms with E-state index < -0.39 is 15.8 Å². The van der Waals surface area contributed by atoms with Crippen LogP contribution in [0.5, 0.6) is 5.75 Å². The second kappa shape index (κ2) is 6.28. The molecular formula is C16H21NO4S. The summed E-state index contributed by atoms with van der Waals surface area (Å²) < 4.78 is 28.7. The zero-order valence-electron chi connectivity index (χ0n) is 12.5. The first kappa shape index (κ1) is 15.3. The van der Waals surface area contributed by atoms with Crippen LogP contribution in [0.4, 0.5) is 5.69 Å². The molecule has 3 rings (SSSR count). The molecule has 0 bridgehead atoms. The van der Waals surface area contributed by atoms with Crippen molar-refractivity contribution in [2.75, 3.05) is 16.8 Å². The minimum atomic E-state index is -3.03. The Morgan fingerprint density at radius 3 is 2.36 bits per heavy atom. The number of benzene rings is 1. The molecule has 1 amide bonds. The van der Waals surface area contributed by atoms with Crippen LogP contribution in [0.1, 0.15) is 32.1 Å². The Morgan fingerprint density at radius 1 is 1.09 bits per heavy atom. The monoisotopic (exact) mass is 323 g/mol. The number of rotatable bonds is 4. The fourth-order valence-corrected chi connectivity index (χ4v) is 4.80. The predicted molar refractivity (Wildman–Crippen MR) is 84.7 cm³/mol. The van der Waals surface area contributed by atoms with Gasteiger partial charge in [0.15, 0.2) is 9.84 Å². The van der Waals surface area contributed by atoms with E-state index in [0.29, 0.717) is 18.2 Å². The highest BCUT2D eigenvalue weighted by atomic mass is 32.2. The molecular weight excluding hydrogens is 302 g/mol. The van der Waals surface area contributed by atoms with Gasteiger partial charge in [-0.05, 0) is 56.4 Å². The first-order valence-corrected chi connectivity index (χ1v) is 9.62. The first-order chi connectivity index (χ1) is 10.5. The number of sulfone groups is 1. The lowest BCUT2D eigenvalue weighted by Crippen LogP contribution is -2.23. The Labute approximate surface area is 131 Å². The van der Waals surface area contributed by atoms with Crippen LogP contribution in [0.2, 0.25) is 0 Å². The summed E-state index contributed by atoms with van der Waals surface area (Å²) in [5.74, 6) is 0.235. The SMILES string of the molecule is O=C(Nc1ccc(OC2CCCC2)cc1)C1CCS(=O)(=O)C1. The minimum absolute atomic E-state index is 0.0400. The van der Waals surface area contributed by atoms with E-state index in [9.17, 15) is 13.2 Å². The molecule has 1 saturated heterocycles. The maximum atomic E-state index is 12.1. The Balaban J connectivity index is 1.55. The molecule has 1 aliphatic carbocycles. The zero-order valence-corrected chi connectivity index (χ0v) is 13.3. The summed E-state index contributed by atoms with van der Waals surface area (Å²) in [6, 6.07) is 7.29. The van der Waals surface area contributed by atoms with Crippen molar-refractivity contribution in [3.05, 3.63) is 24.3 Å². The third-order valence-corrected chi connectivity index (χ3v) is 6.10. The average Bonchev–Trinajstić information content (AvgIpc) is 3.10. The molecule has 120 valence electrons. The third-order valence-electron chi connectivity index (χ3n) is 4.33. The molecule has 2 aliphatic rings. The summed E-state index contributed by atoms with van der Waals surface area (Å²) in [7, 11) is -3.03. The number of carbonyl (C=O) groups is 1. The minimum Gasteiger partial charge on any atom is -0.490 e. The molecule has 6 heteroatoms. The van der Waals surface area contributed by atoms with E-state index in [4.69, 9.17) is 4.74 Å². The zero-order chi connectivity index (χ0) is 15.6. The highest BCUT2D eigenvalue weighted by molar-refractivity contribution is 7.91. The number of hydrogen-bond donors (Lipinski definition) is 1. The number of nitrogens with one attached hydrogen (secondary N) is 1. The van der Waals surface area contributed by atoms with Crippen molar-refractivity contribution >= 4 is 21.4 Å². The van der Waals surface area contributed by atoms with Gasteiger partial charge in [0.1, 0.15) is 5.75 Å². The van der Waals surface area contributed by atoms with Crippen molar-refractivity contribution < 1.29 is 17.9 Å². The Hall–Kier alpha value is -1.56. The average molecular weight is 323 g/mol. The number of amides is 1. The highest BCUT2D eigenvalue weighted by Gasteiger charge is 2.32. The third kappa shape index (κ3) is 3.80. The molecule has 1 aliphatic heterocycles. The van der Waals surface area contributed by atoms with Crippen molar-refractivity contribution in [3.63, 3.8) is 0 Å². The van der Waals surface area contributed by atoms with Crippen molar-refractivity contribution in [1.29, 1.82) is 0 Å². The van der Waals surface area contributed by atoms with Crippen LogP contribution in [-0.4, -0.2) is 31.9 Å². The second-order valence-corrected chi connectivity index (χ2v) is 8.37. The summed E-state index contributed by atoms with van der Waals surface area (Å²) in [6.45, 7) is 0. The summed E-state index contributed by atoms with van der Waals surface area (Å²) in [5.41, 5.74) is 0.674. The van der Waals surface area contributed by atoms with Gasteiger partial charge in [0.25, 0.3) is 0 Å². The number of hydrogen-bond acceptors (Lipinski definition) is 4. The number of carbonyl (C=O) groups excluding carboxylic acids is 1. The van der Waals surface area contributed by atoms with Gasteiger partial charge in [-0.3, -0.25) is 4.79 Å². The van der Waals surface area contributed by atoms with Gasteiger partial charge < -0.3 is 10.1 Å². The molecule has 0 radical (unpaired) electrons. The molecule has 2 fully saturated rings. The van der Waals surface area contributed by atoms with E-state index in [0.717, 1.165) is 18.6 Å². The van der Waals surface area contributed by atoms with E-state index in [1.54, 1.807) is 12.1 Å². The van der Waals surface area contributed by atoms with E-state index in [2.05, 4.69) is 5.32 Å². The van der Waals surface area contributed by atoms with Crippen LogP contribution in [0.15, 0.2) is 24.3 Å². The molecule has 0 aromatic heterocycles.